The Bertz CT molecular complexity index is 1550. The Labute approximate surface area is 229 Å². The number of hydrogen-bond donors (Lipinski definition) is 0. The van der Waals surface area contributed by atoms with E-state index in [0.29, 0.717) is 23.8 Å². The number of aromatic nitrogens is 3. The molecule has 38 heavy (non-hydrogen) atoms. The molecule has 4 heterocycles. The lowest BCUT2D eigenvalue weighted by molar-refractivity contribution is 0.0490. The van der Waals surface area contributed by atoms with Gasteiger partial charge in [-0.05, 0) is 88.3 Å². The smallest absolute Gasteiger partial charge is 0.137 e. The van der Waals surface area contributed by atoms with Crippen LogP contribution in [0.2, 0.25) is 5.02 Å². The van der Waals surface area contributed by atoms with Gasteiger partial charge >= 0.3 is 0 Å². The molecule has 4 radical (unpaired) electrons. The van der Waals surface area contributed by atoms with Gasteiger partial charge in [0.1, 0.15) is 11.4 Å². The summed E-state index contributed by atoms with van der Waals surface area (Å²) in [5, 5.41) is -0.642. The van der Waals surface area contributed by atoms with E-state index in [1.54, 1.807) is 19.5 Å². The third kappa shape index (κ3) is 4.34. The zero-order chi connectivity index (χ0) is 26.4. The summed E-state index contributed by atoms with van der Waals surface area (Å²) in [4.78, 5) is 10.9. The third-order valence-electron chi connectivity index (χ3n) is 7.71. The third-order valence-corrected chi connectivity index (χ3v) is 8.01. The fourth-order valence-corrected chi connectivity index (χ4v) is 5.81. The van der Waals surface area contributed by atoms with Gasteiger partial charge in [0.25, 0.3) is 0 Å². The second kappa shape index (κ2) is 9.90. The van der Waals surface area contributed by atoms with Gasteiger partial charge in [-0.2, -0.15) is 0 Å². The summed E-state index contributed by atoms with van der Waals surface area (Å²) in [7, 11) is 14.7. The van der Waals surface area contributed by atoms with E-state index in [9.17, 15) is 4.39 Å². The van der Waals surface area contributed by atoms with Crippen molar-refractivity contribution in [1.82, 2.24) is 19.3 Å². The van der Waals surface area contributed by atoms with Crippen molar-refractivity contribution >= 4 is 44.1 Å². The number of pyridine rings is 2. The summed E-state index contributed by atoms with van der Waals surface area (Å²) in [5.74, 6) is 0.814. The molecule has 0 spiro atoms. The van der Waals surface area contributed by atoms with Crippen LogP contribution < -0.4 is 4.74 Å². The first-order chi connectivity index (χ1) is 18.4. The van der Waals surface area contributed by atoms with Gasteiger partial charge in [-0.25, -0.2) is 4.98 Å². The summed E-state index contributed by atoms with van der Waals surface area (Å²) < 4.78 is 20.4. The van der Waals surface area contributed by atoms with Crippen LogP contribution in [-0.4, -0.2) is 61.8 Å². The van der Waals surface area contributed by atoms with E-state index in [1.807, 2.05) is 33.8 Å². The van der Waals surface area contributed by atoms with E-state index in [0.717, 1.165) is 52.9 Å². The standard InChI is InChI=1S/C29H26B2ClFN4O/c1-38-21-5-6-22-19(11-21)3-2-4-24(23-7-9-34-14-25(23)32)28(22)20-8-10-36-17-26(35-27(36)12-20)29(30,31)37-15-18(13-33)16-37/h5-12,14,17-18H,2-4,13,15-16H2,1H3. The molecular weight excluding hydrogens is 496 g/mol. The molecule has 9 heteroatoms. The summed E-state index contributed by atoms with van der Waals surface area (Å²) in [6.45, 7) is 0.672. The summed E-state index contributed by atoms with van der Waals surface area (Å²) in [5.41, 5.74) is 7.93. The topological polar surface area (TPSA) is 42.7 Å². The Morgan fingerprint density at radius 2 is 1.97 bits per heavy atom. The maximum absolute atomic E-state index is 13.0. The maximum Gasteiger partial charge on any atom is 0.137 e. The van der Waals surface area contributed by atoms with Gasteiger partial charge in [0.2, 0.25) is 0 Å². The zero-order valence-corrected chi connectivity index (χ0v) is 22.0. The van der Waals surface area contributed by atoms with Crippen molar-refractivity contribution in [3.63, 3.8) is 0 Å². The quantitative estimate of drug-likeness (QED) is 0.333. The number of likely N-dealkylation sites (tertiary alicyclic amines) is 1. The van der Waals surface area contributed by atoms with Crippen molar-refractivity contribution in [1.29, 1.82) is 0 Å². The average molecular weight is 523 g/mol. The van der Waals surface area contributed by atoms with Gasteiger partial charge in [-0.1, -0.05) is 17.7 Å². The minimum Gasteiger partial charge on any atom is -0.497 e. The van der Waals surface area contributed by atoms with Crippen molar-refractivity contribution in [3.05, 3.63) is 94.2 Å². The first-order valence-corrected chi connectivity index (χ1v) is 13.2. The number of aryl methyl sites for hydroxylation is 1. The van der Waals surface area contributed by atoms with Gasteiger partial charge in [-0.3, -0.25) is 9.37 Å². The van der Waals surface area contributed by atoms with Crippen molar-refractivity contribution in [3.8, 4) is 5.75 Å². The van der Waals surface area contributed by atoms with Crippen LogP contribution in [0.3, 0.4) is 0 Å². The van der Waals surface area contributed by atoms with Crippen LogP contribution in [0.25, 0.3) is 16.8 Å². The average Bonchev–Trinajstić information content (AvgIpc) is 3.24. The van der Waals surface area contributed by atoms with Crippen molar-refractivity contribution in [2.45, 2.75) is 24.6 Å². The van der Waals surface area contributed by atoms with Crippen molar-refractivity contribution in [2.24, 2.45) is 5.92 Å². The number of allylic oxidation sites excluding steroid dienone is 1. The van der Waals surface area contributed by atoms with Crippen LogP contribution in [0.1, 0.15) is 40.8 Å². The van der Waals surface area contributed by atoms with Gasteiger partial charge in [0.05, 0.1) is 40.2 Å². The number of fused-ring (bicyclic) bond motifs is 2. The number of halogens is 2. The first-order valence-electron chi connectivity index (χ1n) is 12.8. The lowest BCUT2D eigenvalue weighted by Crippen LogP contribution is -2.59. The van der Waals surface area contributed by atoms with Crippen LogP contribution >= 0.6 is 11.6 Å². The molecule has 0 unspecified atom stereocenters. The van der Waals surface area contributed by atoms with E-state index in [4.69, 9.17) is 37.0 Å². The molecule has 5 nitrogen and oxygen atoms in total. The summed E-state index contributed by atoms with van der Waals surface area (Å²) in [6, 6.07) is 12.4. The SMILES string of the molecule is [B]C([B])(c1cn2ccc(C3=C(c4ccncc4Cl)CCCc4cc(OC)ccc43)cc2n1)N1CC(CF)C1. The van der Waals surface area contributed by atoms with E-state index in [2.05, 4.69) is 29.2 Å². The van der Waals surface area contributed by atoms with Crippen LogP contribution in [-0.2, 0) is 11.8 Å². The molecule has 0 amide bonds. The van der Waals surface area contributed by atoms with Crippen molar-refractivity contribution in [2.75, 3.05) is 26.9 Å². The summed E-state index contributed by atoms with van der Waals surface area (Å²) in [6.07, 6.45) is 10.1. The molecule has 1 saturated heterocycles. The summed E-state index contributed by atoms with van der Waals surface area (Å²) >= 11 is 6.67. The number of methoxy groups -OCH3 is 1. The highest BCUT2D eigenvalue weighted by atomic mass is 35.5. The number of imidazole rings is 1. The molecule has 188 valence electrons. The van der Waals surface area contributed by atoms with E-state index < -0.39 is 5.34 Å². The van der Waals surface area contributed by atoms with Crippen LogP contribution in [0.15, 0.2) is 61.2 Å². The fraction of sp³-hybridized carbons (Fsp3) is 0.310. The number of rotatable bonds is 6. The molecule has 0 bridgehead atoms. The van der Waals surface area contributed by atoms with Gasteiger partial charge in [-0.15, -0.1) is 0 Å². The second-order valence-corrected chi connectivity index (χ2v) is 10.6. The number of hydrogen-bond acceptors (Lipinski definition) is 4. The number of ether oxygens (including phenoxy) is 1. The highest BCUT2D eigenvalue weighted by molar-refractivity contribution is 6.39. The molecule has 0 atom stereocenters. The molecule has 4 aromatic rings. The largest absolute Gasteiger partial charge is 0.497 e. The molecule has 2 aliphatic rings. The normalized spacial score (nSPS) is 16.8. The van der Waals surface area contributed by atoms with Gasteiger partial charge < -0.3 is 14.0 Å². The Kier molecular flexibility index (Phi) is 6.57. The molecule has 1 aliphatic carbocycles. The van der Waals surface area contributed by atoms with Crippen LogP contribution in [0, 0.1) is 5.92 Å². The minimum atomic E-state index is -1.27. The molecule has 1 fully saturated rings. The highest BCUT2D eigenvalue weighted by Gasteiger charge is 2.38. The first kappa shape index (κ1) is 25.2. The molecule has 1 aliphatic heterocycles. The predicted molar refractivity (Wildman–Crippen MR) is 151 cm³/mol. The Morgan fingerprint density at radius 3 is 2.74 bits per heavy atom. The number of benzene rings is 1. The maximum atomic E-state index is 13.0. The Morgan fingerprint density at radius 1 is 1.13 bits per heavy atom. The highest BCUT2D eigenvalue weighted by Crippen LogP contribution is 2.42. The lowest BCUT2D eigenvalue weighted by Gasteiger charge is -2.48. The molecule has 3 aromatic heterocycles. The number of nitrogens with zero attached hydrogens (tertiary/aromatic N) is 4. The van der Waals surface area contributed by atoms with Gasteiger partial charge in [0, 0.05) is 43.8 Å². The molecule has 0 N–H and O–H groups in total. The molecule has 0 saturated carbocycles. The van der Waals surface area contributed by atoms with E-state index >= 15 is 0 Å². The minimum absolute atomic E-state index is 0.0237. The second-order valence-electron chi connectivity index (χ2n) is 10.1. The Hall–Kier alpha value is -3.09. The Balaban J connectivity index is 1.49. The van der Waals surface area contributed by atoms with Gasteiger partial charge in [0.15, 0.2) is 0 Å². The van der Waals surface area contributed by atoms with E-state index in [1.165, 1.54) is 11.1 Å². The zero-order valence-electron chi connectivity index (χ0n) is 21.2. The van der Waals surface area contributed by atoms with Crippen molar-refractivity contribution < 1.29 is 9.13 Å². The monoisotopic (exact) mass is 522 g/mol. The fourth-order valence-electron chi connectivity index (χ4n) is 5.57. The van der Waals surface area contributed by atoms with Crippen LogP contribution in [0.5, 0.6) is 5.75 Å². The van der Waals surface area contributed by atoms with Crippen LogP contribution in [0.4, 0.5) is 4.39 Å². The molecule has 1 aromatic carbocycles. The van der Waals surface area contributed by atoms with E-state index in [-0.39, 0.29) is 12.6 Å². The number of alkyl halides is 1. The molecular formula is C29H26B2ClFN4O. The predicted octanol–water partition coefficient (Wildman–Crippen LogP) is 5.04. The molecule has 6 rings (SSSR count). The lowest BCUT2D eigenvalue weighted by atomic mass is 9.57.